The second-order valence-electron chi connectivity index (χ2n) is 3.98. The van der Waals surface area contributed by atoms with Crippen LogP contribution in [0.5, 0.6) is 0 Å². The van der Waals surface area contributed by atoms with Crippen molar-refractivity contribution in [2.45, 2.75) is 51.6 Å². The molecule has 1 N–H and O–H groups in total. The largest absolute Gasteiger partial charge is 0.465 e. The van der Waals surface area contributed by atoms with E-state index < -0.39 is 6.10 Å². The van der Waals surface area contributed by atoms with E-state index in [9.17, 15) is 9.90 Å². The molecule has 82 valence electrons. The maximum atomic E-state index is 11.1. The Morgan fingerprint density at radius 1 is 1.50 bits per heavy atom. The van der Waals surface area contributed by atoms with Crippen LogP contribution in [-0.2, 0) is 9.53 Å². The molecule has 0 aromatic rings. The molecule has 1 aliphatic rings. The van der Waals surface area contributed by atoms with Gasteiger partial charge in [0.15, 0.2) is 0 Å². The molecule has 0 aliphatic carbocycles. The van der Waals surface area contributed by atoms with E-state index in [-0.39, 0.29) is 11.9 Å². The molecule has 1 saturated heterocycles. The van der Waals surface area contributed by atoms with Gasteiger partial charge in [-0.05, 0) is 12.8 Å². The number of unbranched alkanes of at least 4 members (excludes halogenated alkanes) is 3. The van der Waals surface area contributed by atoms with Crippen molar-refractivity contribution in [1.82, 2.24) is 0 Å². The number of ether oxygens (including phenoxy) is 1. The summed E-state index contributed by atoms with van der Waals surface area (Å²) in [6, 6.07) is 0. The molecule has 0 aromatic carbocycles. The normalized spacial score (nSPS) is 23.6. The standard InChI is InChI=1S/C11H20O3/c1-2-3-4-5-6-10(12)9-7-8-14-11(9)13/h9-10,12H,2-8H2,1H3. The predicted octanol–water partition coefficient (Wildman–Crippen LogP) is 1.88. The molecule has 3 heteroatoms. The summed E-state index contributed by atoms with van der Waals surface area (Å²) in [6.45, 7) is 2.64. The Balaban J connectivity index is 2.14. The summed E-state index contributed by atoms with van der Waals surface area (Å²) in [5.41, 5.74) is 0. The van der Waals surface area contributed by atoms with Crippen LogP contribution in [0.15, 0.2) is 0 Å². The molecule has 0 bridgehead atoms. The molecule has 1 aliphatic heterocycles. The topological polar surface area (TPSA) is 46.5 Å². The highest BCUT2D eigenvalue weighted by molar-refractivity contribution is 5.74. The number of carbonyl (C=O) groups excluding carboxylic acids is 1. The van der Waals surface area contributed by atoms with Crippen LogP contribution in [0, 0.1) is 5.92 Å². The first kappa shape index (κ1) is 11.5. The van der Waals surface area contributed by atoms with Gasteiger partial charge in [-0.25, -0.2) is 0 Å². The van der Waals surface area contributed by atoms with Gasteiger partial charge in [0.05, 0.1) is 18.6 Å². The summed E-state index contributed by atoms with van der Waals surface area (Å²) < 4.78 is 4.82. The van der Waals surface area contributed by atoms with E-state index in [0.29, 0.717) is 13.0 Å². The number of carbonyl (C=O) groups is 1. The molecule has 14 heavy (non-hydrogen) atoms. The quantitative estimate of drug-likeness (QED) is 0.526. The summed E-state index contributed by atoms with van der Waals surface area (Å²) in [5, 5.41) is 9.72. The van der Waals surface area contributed by atoms with Gasteiger partial charge in [0.2, 0.25) is 0 Å². The molecule has 1 fully saturated rings. The van der Waals surface area contributed by atoms with Gasteiger partial charge in [-0.1, -0.05) is 32.6 Å². The first-order valence-electron chi connectivity index (χ1n) is 5.60. The number of aliphatic hydroxyl groups excluding tert-OH is 1. The lowest BCUT2D eigenvalue weighted by atomic mass is 9.96. The van der Waals surface area contributed by atoms with Crippen LogP contribution >= 0.6 is 0 Å². The second kappa shape index (κ2) is 6.02. The van der Waals surface area contributed by atoms with Crippen LogP contribution in [0.2, 0.25) is 0 Å². The van der Waals surface area contributed by atoms with Crippen LogP contribution in [0.1, 0.15) is 45.4 Å². The smallest absolute Gasteiger partial charge is 0.311 e. The van der Waals surface area contributed by atoms with Crippen molar-refractivity contribution in [1.29, 1.82) is 0 Å². The molecule has 0 aromatic heterocycles. The van der Waals surface area contributed by atoms with E-state index in [2.05, 4.69) is 6.92 Å². The molecule has 0 saturated carbocycles. The SMILES string of the molecule is CCCCCCC(O)C1CCOC1=O. The first-order valence-corrected chi connectivity index (χ1v) is 5.60. The Hall–Kier alpha value is -0.570. The van der Waals surface area contributed by atoms with Crippen LogP contribution in [0.3, 0.4) is 0 Å². The number of hydrogen-bond acceptors (Lipinski definition) is 3. The van der Waals surface area contributed by atoms with Gasteiger partial charge in [-0.3, -0.25) is 4.79 Å². The molecule has 1 rings (SSSR count). The minimum Gasteiger partial charge on any atom is -0.465 e. The van der Waals surface area contributed by atoms with E-state index in [1.165, 1.54) is 12.8 Å². The molecule has 0 spiro atoms. The first-order chi connectivity index (χ1) is 6.75. The van der Waals surface area contributed by atoms with Crippen LogP contribution in [-0.4, -0.2) is 23.8 Å². The Morgan fingerprint density at radius 2 is 2.29 bits per heavy atom. The Morgan fingerprint density at radius 3 is 2.86 bits per heavy atom. The Kier molecular flexibility index (Phi) is 4.94. The fraction of sp³-hybridized carbons (Fsp3) is 0.909. The van der Waals surface area contributed by atoms with Crippen molar-refractivity contribution in [3.8, 4) is 0 Å². The third kappa shape index (κ3) is 3.29. The highest BCUT2D eigenvalue weighted by atomic mass is 16.5. The van der Waals surface area contributed by atoms with Crippen molar-refractivity contribution >= 4 is 5.97 Å². The van der Waals surface area contributed by atoms with E-state index in [4.69, 9.17) is 4.74 Å². The molecule has 3 nitrogen and oxygen atoms in total. The lowest BCUT2D eigenvalue weighted by Gasteiger charge is -2.13. The summed E-state index contributed by atoms with van der Waals surface area (Å²) in [4.78, 5) is 11.1. The minimum absolute atomic E-state index is 0.215. The maximum absolute atomic E-state index is 11.1. The molecule has 2 unspecified atom stereocenters. The van der Waals surface area contributed by atoms with E-state index in [1.54, 1.807) is 0 Å². The van der Waals surface area contributed by atoms with E-state index in [1.807, 2.05) is 0 Å². The van der Waals surface area contributed by atoms with Gasteiger partial charge in [-0.2, -0.15) is 0 Å². The Bertz CT molecular complexity index is 179. The molecular weight excluding hydrogens is 180 g/mol. The fourth-order valence-corrected chi connectivity index (χ4v) is 1.84. The zero-order chi connectivity index (χ0) is 10.4. The maximum Gasteiger partial charge on any atom is 0.311 e. The van der Waals surface area contributed by atoms with Gasteiger partial charge in [0.25, 0.3) is 0 Å². The second-order valence-corrected chi connectivity index (χ2v) is 3.98. The number of esters is 1. The van der Waals surface area contributed by atoms with Gasteiger partial charge < -0.3 is 9.84 Å². The summed E-state index contributed by atoms with van der Waals surface area (Å²) >= 11 is 0. The van der Waals surface area contributed by atoms with Crippen molar-refractivity contribution in [2.24, 2.45) is 5.92 Å². The van der Waals surface area contributed by atoms with Crippen molar-refractivity contribution in [2.75, 3.05) is 6.61 Å². The highest BCUT2D eigenvalue weighted by Gasteiger charge is 2.32. The average Bonchev–Trinajstić information content (AvgIpc) is 2.59. The number of cyclic esters (lactones) is 1. The molecule has 0 amide bonds. The Labute approximate surface area is 85.5 Å². The molecular formula is C11H20O3. The van der Waals surface area contributed by atoms with Crippen molar-refractivity contribution in [3.63, 3.8) is 0 Å². The third-order valence-electron chi connectivity index (χ3n) is 2.79. The molecule has 0 radical (unpaired) electrons. The summed E-state index contributed by atoms with van der Waals surface area (Å²) in [5.74, 6) is -0.468. The van der Waals surface area contributed by atoms with E-state index >= 15 is 0 Å². The average molecular weight is 200 g/mol. The number of hydrogen-bond donors (Lipinski definition) is 1. The van der Waals surface area contributed by atoms with Crippen molar-refractivity contribution < 1.29 is 14.6 Å². The van der Waals surface area contributed by atoms with Crippen molar-refractivity contribution in [3.05, 3.63) is 0 Å². The predicted molar refractivity (Wildman–Crippen MR) is 53.8 cm³/mol. The molecule has 1 heterocycles. The number of aliphatic hydroxyl groups is 1. The summed E-state index contributed by atoms with van der Waals surface area (Å²) in [7, 11) is 0. The van der Waals surface area contributed by atoms with Gasteiger partial charge in [0, 0.05) is 0 Å². The fourth-order valence-electron chi connectivity index (χ4n) is 1.84. The van der Waals surface area contributed by atoms with Gasteiger partial charge in [-0.15, -0.1) is 0 Å². The molecule has 2 atom stereocenters. The van der Waals surface area contributed by atoms with Gasteiger partial charge >= 0.3 is 5.97 Å². The third-order valence-corrected chi connectivity index (χ3v) is 2.79. The lowest BCUT2D eigenvalue weighted by molar-refractivity contribution is -0.144. The van der Waals surface area contributed by atoms with Crippen LogP contribution in [0.4, 0.5) is 0 Å². The van der Waals surface area contributed by atoms with E-state index in [0.717, 1.165) is 19.3 Å². The van der Waals surface area contributed by atoms with Crippen LogP contribution < -0.4 is 0 Å². The zero-order valence-electron chi connectivity index (χ0n) is 8.87. The highest BCUT2D eigenvalue weighted by Crippen LogP contribution is 2.22. The van der Waals surface area contributed by atoms with Crippen LogP contribution in [0.25, 0.3) is 0 Å². The summed E-state index contributed by atoms with van der Waals surface area (Å²) in [6.07, 6.45) is 5.51. The van der Waals surface area contributed by atoms with Gasteiger partial charge in [0.1, 0.15) is 0 Å². The monoisotopic (exact) mass is 200 g/mol. The minimum atomic E-state index is -0.484. The zero-order valence-corrected chi connectivity index (χ0v) is 8.87. The lowest BCUT2D eigenvalue weighted by Crippen LogP contribution is -2.24. The number of rotatable bonds is 6.